The molecule has 0 aliphatic rings. The molecule has 10 heteroatoms. The molecule has 4 rings (SSSR count). The van der Waals surface area contributed by atoms with Gasteiger partial charge in [0.05, 0.1) is 16.8 Å². The number of carbonyl (C=O) groups excluding carboxylic acids is 1. The predicted molar refractivity (Wildman–Crippen MR) is 124 cm³/mol. The zero-order valence-corrected chi connectivity index (χ0v) is 20.9. The van der Waals surface area contributed by atoms with Gasteiger partial charge in [0.2, 0.25) is 0 Å². The number of nitrogens with zero attached hydrogens (tertiary/aromatic N) is 1. The number of carboxylic acids is 1. The molecule has 0 aliphatic heterocycles. The number of amides is 1. The van der Waals surface area contributed by atoms with Crippen molar-refractivity contribution in [1.82, 2.24) is 4.98 Å². The number of aromatic carboxylic acids is 1. The summed E-state index contributed by atoms with van der Waals surface area (Å²) < 4.78 is 42.6. The Bertz CT molecular complexity index is 1400. The van der Waals surface area contributed by atoms with E-state index in [1.54, 1.807) is 12.3 Å². The molecule has 1 amide bonds. The second kappa shape index (κ2) is 11.4. The van der Waals surface area contributed by atoms with E-state index in [9.17, 15) is 27.9 Å². The Hall–Kier alpha value is -3.66. The predicted octanol–water partition coefficient (Wildman–Crippen LogP) is 3.38. The Kier molecular flexibility index (Phi) is 8.52. The zero-order chi connectivity index (χ0) is 25.0. The fourth-order valence-corrected chi connectivity index (χ4v) is 3.47. The van der Waals surface area contributed by atoms with Gasteiger partial charge in [0.15, 0.2) is 0 Å². The van der Waals surface area contributed by atoms with E-state index >= 15 is 0 Å². The molecule has 0 aliphatic carbocycles. The molecule has 0 bridgehead atoms. The number of rotatable bonds is 6. The van der Waals surface area contributed by atoms with Gasteiger partial charge < -0.3 is 16.6 Å². The first-order valence-electron chi connectivity index (χ1n) is 10.3. The van der Waals surface area contributed by atoms with Crippen molar-refractivity contribution >= 4 is 17.6 Å². The number of ether oxygens (including phenoxy) is 1. The normalized spacial score (nSPS) is 10.8. The summed E-state index contributed by atoms with van der Waals surface area (Å²) in [4.78, 5) is 28.8. The van der Waals surface area contributed by atoms with Crippen LogP contribution in [-0.2, 0) is 0 Å². The summed E-state index contributed by atoms with van der Waals surface area (Å²) in [5, 5.41) is 12.1. The van der Waals surface area contributed by atoms with Crippen LogP contribution in [0.3, 0.4) is 0 Å². The minimum Gasteiger partial charge on any atom is -1.00 e. The summed E-state index contributed by atoms with van der Waals surface area (Å²) in [6.45, 7) is 0. The summed E-state index contributed by atoms with van der Waals surface area (Å²) in [7, 11) is 0. The van der Waals surface area contributed by atoms with Crippen LogP contribution >= 0.6 is 0 Å². The van der Waals surface area contributed by atoms with Crippen molar-refractivity contribution in [1.29, 1.82) is 0 Å². The molecule has 0 saturated heterocycles. The van der Waals surface area contributed by atoms with Crippen molar-refractivity contribution < 1.29 is 63.6 Å². The van der Waals surface area contributed by atoms with Crippen LogP contribution in [0.2, 0.25) is 0 Å². The van der Waals surface area contributed by atoms with Gasteiger partial charge in [-0.15, -0.1) is 13.2 Å². The molecule has 2 N–H and O–H groups in total. The van der Waals surface area contributed by atoms with Gasteiger partial charge in [-0.2, -0.15) is 0 Å². The standard InChI is InChI=1S/C26H17F3N2O4.Na.H/c27-26(28,29)35-23-9-5-4-8-20(23)17-10-11-21(25(33)34)22(13-17)31-24(32)19-12-18(14-30-15-19)16-6-2-1-3-7-16;;/h1-15H,(H,31,32)(H,33,34);;/q;+1;-1. The first-order chi connectivity index (χ1) is 16.7. The minimum absolute atomic E-state index is 0. The van der Waals surface area contributed by atoms with Crippen LogP contribution in [0.25, 0.3) is 22.3 Å². The van der Waals surface area contributed by atoms with E-state index < -0.39 is 24.0 Å². The molecule has 0 atom stereocenters. The van der Waals surface area contributed by atoms with Gasteiger partial charge in [-0.3, -0.25) is 9.78 Å². The van der Waals surface area contributed by atoms with Crippen LogP contribution in [0.4, 0.5) is 18.9 Å². The van der Waals surface area contributed by atoms with Crippen molar-refractivity contribution in [3.05, 3.63) is 102 Å². The molecule has 1 heterocycles. The number of carbonyl (C=O) groups is 2. The van der Waals surface area contributed by atoms with Gasteiger partial charge >= 0.3 is 41.9 Å². The quantitative estimate of drug-likeness (QED) is 0.395. The van der Waals surface area contributed by atoms with E-state index in [1.165, 1.54) is 42.6 Å². The molecule has 0 fully saturated rings. The molecule has 6 nitrogen and oxygen atoms in total. The van der Waals surface area contributed by atoms with Crippen LogP contribution in [0.15, 0.2) is 91.3 Å². The van der Waals surface area contributed by atoms with Crippen LogP contribution in [0, 0.1) is 0 Å². The molecular weight excluding hydrogens is 484 g/mol. The molecule has 0 spiro atoms. The average molecular weight is 502 g/mol. The average Bonchev–Trinajstić information content (AvgIpc) is 2.84. The van der Waals surface area contributed by atoms with Gasteiger partial charge in [-0.1, -0.05) is 54.6 Å². The summed E-state index contributed by atoms with van der Waals surface area (Å²) in [6.07, 6.45) is -1.99. The number of hydrogen-bond donors (Lipinski definition) is 2. The van der Waals surface area contributed by atoms with E-state index in [-0.39, 0.29) is 58.9 Å². The third-order valence-electron chi connectivity index (χ3n) is 5.03. The Labute approximate surface area is 227 Å². The number of hydrogen-bond acceptors (Lipinski definition) is 4. The molecule has 0 unspecified atom stereocenters. The van der Waals surface area contributed by atoms with Crippen molar-refractivity contribution in [2.24, 2.45) is 0 Å². The first kappa shape index (κ1) is 26.9. The smallest absolute Gasteiger partial charge is 1.00 e. The number of aromatic nitrogens is 1. The monoisotopic (exact) mass is 502 g/mol. The van der Waals surface area contributed by atoms with E-state index in [0.717, 1.165) is 11.6 Å². The number of benzene rings is 3. The molecular formula is C26H18F3N2NaO4. The van der Waals surface area contributed by atoms with Crippen LogP contribution < -0.4 is 39.6 Å². The summed E-state index contributed by atoms with van der Waals surface area (Å²) >= 11 is 0. The number of carboxylic acid groups (broad SMARTS) is 1. The zero-order valence-electron chi connectivity index (χ0n) is 19.9. The van der Waals surface area contributed by atoms with E-state index in [2.05, 4.69) is 15.0 Å². The van der Waals surface area contributed by atoms with Gasteiger partial charge in [-0.25, -0.2) is 4.79 Å². The van der Waals surface area contributed by atoms with Crippen LogP contribution in [0.1, 0.15) is 22.1 Å². The topological polar surface area (TPSA) is 88.5 Å². The van der Waals surface area contributed by atoms with Crippen LogP contribution in [-0.4, -0.2) is 28.3 Å². The van der Waals surface area contributed by atoms with Crippen LogP contribution in [0.5, 0.6) is 5.75 Å². The number of anilines is 1. The SMILES string of the molecule is O=C(Nc1cc(-c2ccccc2OC(F)(F)F)ccc1C(=O)O)c1cncc(-c2ccccc2)c1.[H-].[Na+]. The third kappa shape index (κ3) is 6.51. The van der Waals surface area contributed by atoms with E-state index in [0.29, 0.717) is 5.56 Å². The summed E-state index contributed by atoms with van der Waals surface area (Å²) in [5.74, 6) is -2.40. The molecule has 36 heavy (non-hydrogen) atoms. The Morgan fingerprint density at radius 2 is 1.56 bits per heavy atom. The fourth-order valence-electron chi connectivity index (χ4n) is 3.47. The molecule has 4 aromatic rings. The maximum absolute atomic E-state index is 13.0. The Morgan fingerprint density at radius 3 is 2.25 bits per heavy atom. The number of pyridine rings is 1. The Morgan fingerprint density at radius 1 is 0.861 bits per heavy atom. The molecule has 178 valence electrons. The fraction of sp³-hybridized carbons (Fsp3) is 0.0385. The molecule has 0 radical (unpaired) electrons. The number of halogens is 3. The third-order valence-corrected chi connectivity index (χ3v) is 5.03. The van der Waals surface area contributed by atoms with Crippen molar-refractivity contribution in [3.8, 4) is 28.0 Å². The Balaban J connectivity index is 0.00000241. The van der Waals surface area contributed by atoms with Crippen molar-refractivity contribution in [2.75, 3.05) is 5.32 Å². The molecule has 3 aromatic carbocycles. The van der Waals surface area contributed by atoms with Crippen molar-refractivity contribution in [2.45, 2.75) is 6.36 Å². The van der Waals surface area contributed by atoms with Crippen molar-refractivity contribution in [3.63, 3.8) is 0 Å². The first-order valence-corrected chi connectivity index (χ1v) is 10.3. The van der Waals surface area contributed by atoms with E-state index in [4.69, 9.17) is 0 Å². The molecule has 1 aromatic heterocycles. The largest absolute Gasteiger partial charge is 1.00 e. The second-order valence-corrected chi connectivity index (χ2v) is 7.39. The van der Waals surface area contributed by atoms with Gasteiger partial charge in [0.25, 0.3) is 5.91 Å². The minimum atomic E-state index is -4.91. The number of nitrogens with one attached hydrogen (secondary N) is 1. The number of para-hydroxylation sites is 1. The second-order valence-electron chi connectivity index (χ2n) is 7.39. The maximum atomic E-state index is 13.0. The van der Waals surface area contributed by atoms with E-state index in [1.807, 2.05) is 30.3 Å². The molecule has 0 saturated carbocycles. The maximum Gasteiger partial charge on any atom is 1.00 e. The van der Waals surface area contributed by atoms with Gasteiger partial charge in [-0.05, 0) is 35.4 Å². The van der Waals surface area contributed by atoms with Gasteiger partial charge in [0.1, 0.15) is 5.75 Å². The number of alkyl halides is 3. The summed E-state index contributed by atoms with van der Waals surface area (Å²) in [5.41, 5.74) is 1.67. The summed E-state index contributed by atoms with van der Waals surface area (Å²) in [6, 6.07) is 20.1. The van der Waals surface area contributed by atoms with Gasteiger partial charge in [0, 0.05) is 23.5 Å².